The first-order chi connectivity index (χ1) is 11.5. The molecule has 0 saturated carbocycles. The number of halogens is 2. The van der Waals surface area contributed by atoms with E-state index in [-0.39, 0.29) is 5.41 Å². The standard InChI is InChI=1S/C21H17BrIN/c1-21(2)17-12-14(22)8-10-19(17)24(16-6-4-3-5-7-16)20-11-9-15(23)13-18(20)21/h3-13H,1-2H3. The minimum Gasteiger partial charge on any atom is -0.310 e. The SMILES string of the molecule is CC1(C)c2cc(Br)ccc2N(c2ccccc2)c2ccc(I)cc21. The van der Waals surface area contributed by atoms with Crippen molar-refractivity contribution in [2.75, 3.05) is 4.90 Å². The van der Waals surface area contributed by atoms with Crippen molar-refractivity contribution in [3.63, 3.8) is 0 Å². The van der Waals surface area contributed by atoms with Crippen LogP contribution in [0.4, 0.5) is 17.1 Å². The summed E-state index contributed by atoms with van der Waals surface area (Å²) in [6.45, 7) is 4.63. The van der Waals surface area contributed by atoms with Gasteiger partial charge in [0.15, 0.2) is 0 Å². The van der Waals surface area contributed by atoms with E-state index in [0.717, 1.165) is 4.47 Å². The number of hydrogen-bond acceptors (Lipinski definition) is 1. The van der Waals surface area contributed by atoms with Gasteiger partial charge in [-0.25, -0.2) is 0 Å². The molecule has 0 spiro atoms. The van der Waals surface area contributed by atoms with Gasteiger partial charge in [0.1, 0.15) is 0 Å². The Labute approximate surface area is 165 Å². The van der Waals surface area contributed by atoms with Crippen LogP contribution in [-0.4, -0.2) is 0 Å². The van der Waals surface area contributed by atoms with Crippen molar-refractivity contribution in [1.29, 1.82) is 0 Å². The Balaban J connectivity index is 2.07. The summed E-state index contributed by atoms with van der Waals surface area (Å²) in [6.07, 6.45) is 0. The lowest BCUT2D eigenvalue weighted by atomic mass is 9.73. The van der Waals surface area contributed by atoms with Crippen molar-refractivity contribution in [3.05, 3.63) is 85.9 Å². The van der Waals surface area contributed by atoms with Crippen molar-refractivity contribution >= 4 is 55.6 Å². The van der Waals surface area contributed by atoms with E-state index in [9.17, 15) is 0 Å². The van der Waals surface area contributed by atoms with Gasteiger partial charge in [0.05, 0.1) is 11.4 Å². The molecule has 0 atom stereocenters. The highest BCUT2D eigenvalue weighted by Gasteiger charge is 2.37. The average Bonchev–Trinajstić information content (AvgIpc) is 2.57. The first-order valence-corrected chi connectivity index (χ1v) is 9.81. The number of hydrogen-bond donors (Lipinski definition) is 0. The van der Waals surface area contributed by atoms with Crippen LogP contribution in [0.1, 0.15) is 25.0 Å². The zero-order chi connectivity index (χ0) is 16.9. The molecule has 24 heavy (non-hydrogen) atoms. The van der Waals surface area contributed by atoms with Crippen LogP contribution in [0.5, 0.6) is 0 Å². The van der Waals surface area contributed by atoms with E-state index in [1.54, 1.807) is 0 Å². The van der Waals surface area contributed by atoms with E-state index in [2.05, 4.69) is 124 Å². The van der Waals surface area contributed by atoms with Crippen molar-refractivity contribution in [2.24, 2.45) is 0 Å². The van der Waals surface area contributed by atoms with Crippen molar-refractivity contribution in [3.8, 4) is 0 Å². The van der Waals surface area contributed by atoms with Gasteiger partial charge in [-0.2, -0.15) is 0 Å². The number of para-hydroxylation sites is 1. The average molecular weight is 490 g/mol. The van der Waals surface area contributed by atoms with E-state index in [4.69, 9.17) is 0 Å². The van der Waals surface area contributed by atoms with E-state index >= 15 is 0 Å². The normalized spacial score (nSPS) is 14.9. The Morgan fingerprint density at radius 1 is 0.833 bits per heavy atom. The highest BCUT2D eigenvalue weighted by molar-refractivity contribution is 14.1. The highest BCUT2D eigenvalue weighted by Crippen LogP contribution is 2.52. The van der Waals surface area contributed by atoms with Gasteiger partial charge in [-0.1, -0.05) is 48.0 Å². The monoisotopic (exact) mass is 489 g/mol. The smallest absolute Gasteiger partial charge is 0.0503 e. The molecule has 3 heteroatoms. The fourth-order valence-electron chi connectivity index (χ4n) is 3.54. The number of nitrogens with zero attached hydrogens (tertiary/aromatic N) is 1. The third-order valence-corrected chi connectivity index (χ3v) is 5.92. The summed E-state index contributed by atoms with van der Waals surface area (Å²) in [7, 11) is 0. The molecule has 1 aliphatic heterocycles. The molecule has 0 amide bonds. The number of anilines is 3. The lowest BCUT2D eigenvalue weighted by Gasteiger charge is -2.42. The van der Waals surface area contributed by atoms with E-state index < -0.39 is 0 Å². The fourth-order valence-corrected chi connectivity index (χ4v) is 4.39. The number of fused-ring (bicyclic) bond motifs is 2. The van der Waals surface area contributed by atoms with Crippen LogP contribution in [0.25, 0.3) is 0 Å². The van der Waals surface area contributed by atoms with E-state index in [1.807, 2.05) is 0 Å². The Morgan fingerprint density at radius 2 is 1.46 bits per heavy atom. The zero-order valence-electron chi connectivity index (χ0n) is 13.6. The van der Waals surface area contributed by atoms with Crippen LogP contribution in [0.2, 0.25) is 0 Å². The van der Waals surface area contributed by atoms with Gasteiger partial charge in [0.25, 0.3) is 0 Å². The van der Waals surface area contributed by atoms with Gasteiger partial charge >= 0.3 is 0 Å². The van der Waals surface area contributed by atoms with Gasteiger partial charge in [-0.15, -0.1) is 0 Å². The second-order valence-electron chi connectivity index (χ2n) is 6.62. The minimum atomic E-state index is -0.0408. The maximum absolute atomic E-state index is 3.65. The molecular formula is C21H17BrIN. The molecule has 0 fully saturated rings. The molecule has 0 aromatic heterocycles. The maximum atomic E-state index is 3.65. The quantitative estimate of drug-likeness (QED) is 0.327. The van der Waals surface area contributed by atoms with Crippen molar-refractivity contribution in [1.82, 2.24) is 0 Å². The molecule has 3 aromatic rings. The summed E-state index contributed by atoms with van der Waals surface area (Å²) in [6, 6.07) is 24.0. The third-order valence-electron chi connectivity index (χ3n) is 4.76. The lowest BCUT2D eigenvalue weighted by Crippen LogP contribution is -2.30. The first kappa shape index (κ1) is 16.2. The molecule has 0 unspecified atom stereocenters. The number of rotatable bonds is 1. The van der Waals surface area contributed by atoms with Crippen LogP contribution in [0.3, 0.4) is 0 Å². The van der Waals surface area contributed by atoms with Crippen LogP contribution in [-0.2, 0) is 5.41 Å². The molecular weight excluding hydrogens is 473 g/mol. The Bertz CT molecular complexity index is 863. The zero-order valence-corrected chi connectivity index (χ0v) is 17.3. The molecule has 1 aliphatic rings. The Kier molecular flexibility index (Phi) is 3.96. The molecule has 3 aromatic carbocycles. The van der Waals surface area contributed by atoms with E-state index in [0.29, 0.717) is 0 Å². The van der Waals surface area contributed by atoms with Crippen molar-refractivity contribution < 1.29 is 0 Å². The van der Waals surface area contributed by atoms with Crippen LogP contribution >= 0.6 is 38.5 Å². The van der Waals surface area contributed by atoms with Crippen molar-refractivity contribution in [2.45, 2.75) is 19.3 Å². The summed E-state index contributed by atoms with van der Waals surface area (Å²) in [5.74, 6) is 0. The van der Waals surface area contributed by atoms with Gasteiger partial charge in [0.2, 0.25) is 0 Å². The van der Waals surface area contributed by atoms with Crippen LogP contribution < -0.4 is 4.90 Å². The fraction of sp³-hybridized carbons (Fsp3) is 0.143. The molecule has 0 aliphatic carbocycles. The molecule has 4 rings (SSSR count). The van der Waals surface area contributed by atoms with Crippen LogP contribution in [0, 0.1) is 3.57 Å². The minimum absolute atomic E-state index is 0.0408. The third kappa shape index (κ3) is 2.49. The highest BCUT2D eigenvalue weighted by atomic mass is 127. The largest absolute Gasteiger partial charge is 0.310 e. The Morgan fingerprint density at radius 3 is 2.17 bits per heavy atom. The molecule has 0 radical (unpaired) electrons. The molecule has 1 heterocycles. The number of benzene rings is 3. The molecule has 0 bridgehead atoms. The van der Waals surface area contributed by atoms with Crippen LogP contribution in [0.15, 0.2) is 71.2 Å². The predicted molar refractivity (Wildman–Crippen MR) is 114 cm³/mol. The summed E-state index contributed by atoms with van der Waals surface area (Å²) < 4.78 is 2.39. The topological polar surface area (TPSA) is 3.24 Å². The second-order valence-corrected chi connectivity index (χ2v) is 8.78. The maximum Gasteiger partial charge on any atom is 0.0503 e. The second kappa shape index (κ2) is 5.88. The summed E-state index contributed by atoms with van der Waals surface area (Å²) in [5, 5.41) is 0. The van der Waals surface area contributed by atoms with Gasteiger partial charge < -0.3 is 4.90 Å². The first-order valence-electron chi connectivity index (χ1n) is 7.94. The van der Waals surface area contributed by atoms with Gasteiger partial charge in [-0.3, -0.25) is 0 Å². The lowest BCUT2D eigenvalue weighted by molar-refractivity contribution is 0.631. The molecule has 0 saturated heterocycles. The molecule has 120 valence electrons. The Hall–Kier alpha value is -1.33. The van der Waals surface area contributed by atoms with Gasteiger partial charge in [-0.05, 0) is 82.2 Å². The molecule has 0 N–H and O–H groups in total. The summed E-state index contributed by atoms with van der Waals surface area (Å²) in [4.78, 5) is 2.37. The predicted octanol–water partition coefficient (Wildman–Crippen LogP) is 7.16. The molecule has 1 nitrogen and oxygen atoms in total. The van der Waals surface area contributed by atoms with E-state index in [1.165, 1.54) is 31.8 Å². The summed E-state index contributed by atoms with van der Waals surface area (Å²) >= 11 is 6.06. The summed E-state index contributed by atoms with van der Waals surface area (Å²) in [5.41, 5.74) is 6.38. The van der Waals surface area contributed by atoms with Gasteiger partial charge in [0, 0.05) is 19.1 Å².